The van der Waals surface area contributed by atoms with Crippen LogP contribution in [0.15, 0.2) is 34.6 Å². The molecule has 19 heavy (non-hydrogen) atoms. The van der Waals surface area contributed by atoms with Crippen molar-refractivity contribution in [1.29, 1.82) is 0 Å². The van der Waals surface area contributed by atoms with Gasteiger partial charge in [-0.25, -0.2) is 12.8 Å². The molecule has 2 heterocycles. The van der Waals surface area contributed by atoms with E-state index in [1.54, 1.807) is 6.07 Å². The minimum atomic E-state index is -3.49. The van der Waals surface area contributed by atoms with E-state index in [4.69, 9.17) is 9.57 Å². The van der Waals surface area contributed by atoms with Gasteiger partial charge in [0.15, 0.2) is 11.6 Å². The number of rotatable bonds is 2. The molecule has 1 aromatic rings. The first-order valence-electron chi connectivity index (χ1n) is 5.46. The smallest absolute Gasteiger partial charge is 0.200 e. The van der Waals surface area contributed by atoms with Gasteiger partial charge in [-0.2, -0.15) is 0 Å². The number of hydroxylamine groups is 1. The molecule has 0 saturated carbocycles. The van der Waals surface area contributed by atoms with Crippen molar-refractivity contribution in [2.75, 3.05) is 7.11 Å². The SMILES string of the molecule is COc1ccc(C2=C3C(C=CS3(=O)=O)ON2)cc1F. The predicted octanol–water partition coefficient (Wildman–Crippen LogP) is 1.35. The van der Waals surface area contributed by atoms with E-state index in [2.05, 4.69) is 5.48 Å². The van der Waals surface area contributed by atoms with Crippen LogP contribution in [0.25, 0.3) is 5.70 Å². The second-order valence-corrected chi connectivity index (χ2v) is 5.90. The van der Waals surface area contributed by atoms with Crippen molar-refractivity contribution in [3.63, 3.8) is 0 Å². The van der Waals surface area contributed by atoms with Crippen LogP contribution in [0.4, 0.5) is 4.39 Å². The highest BCUT2D eigenvalue weighted by Crippen LogP contribution is 2.36. The molecule has 0 fully saturated rings. The second-order valence-electron chi connectivity index (χ2n) is 4.10. The van der Waals surface area contributed by atoms with Gasteiger partial charge < -0.3 is 4.74 Å². The number of sulfone groups is 1. The number of nitrogens with one attached hydrogen (secondary N) is 1. The summed E-state index contributed by atoms with van der Waals surface area (Å²) in [5.74, 6) is -0.473. The topological polar surface area (TPSA) is 64.6 Å². The molecule has 5 nitrogen and oxygen atoms in total. The molecule has 100 valence electrons. The van der Waals surface area contributed by atoms with Crippen molar-refractivity contribution in [3.05, 3.63) is 46.0 Å². The van der Waals surface area contributed by atoms with Crippen LogP contribution in [0.1, 0.15) is 5.56 Å². The first kappa shape index (κ1) is 12.2. The standard InChI is InChI=1S/C12H10FNO4S/c1-17-9-3-2-7(6-8(9)13)11-12-10(18-14-11)4-5-19(12,15)16/h2-6,10,14H,1H3. The maximum absolute atomic E-state index is 13.7. The molecular formula is C12H10FNO4S. The molecule has 2 aliphatic heterocycles. The summed E-state index contributed by atoms with van der Waals surface area (Å²) in [7, 11) is -2.13. The van der Waals surface area contributed by atoms with E-state index in [1.807, 2.05) is 0 Å². The minimum absolute atomic E-state index is 0.0946. The molecule has 7 heteroatoms. The summed E-state index contributed by atoms with van der Waals surface area (Å²) in [6, 6.07) is 4.20. The van der Waals surface area contributed by atoms with Gasteiger partial charge >= 0.3 is 0 Å². The Kier molecular flexibility index (Phi) is 2.61. The Morgan fingerprint density at radius 1 is 1.42 bits per heavy atom. The van der Waals surface area contributed by atoms with E-state index in [9.17, 15) is 12.8 Å². The van der Waals surface area contributed by atoms with Gasteiger partial charge in [-0.05, 0) is 24.3 Å². The van der Waals surface area contributed by atoms with Crippen LogP contribution in [0.5, 0.6) is 5.75 Å². The summed E-state index contributed by atoms with van der Waals surface area (Å²) in [4.78, 5) is 5.24. The highest BCUT2D eigenvalue weighted by atomic mass is 32.2. The Morgan fingerprint density at radius 2 is 2.21 bits per heavy atom. The molecule has 0 radical (unpaired) electrons. The number of fused-ring (bicyclic) bond motifs is 1. The average Bonchev–Trinajstić information content (AvgIpc) is 2.92. The number of hydrogen-bond acceptors (Lipinski definition) is 5. The maximum Gasteiger partial charge on any atom is 0.200 e. The van der Waals surface area contributed by atoms with Gasteiger partial charge in [0.2, 0.25) is 9.84 Å². The predicted molar refractivity (Wildman–Crippen MR) is 65.9 cm³/mol. The van der Waals surface area contributed by atoms with Crippen LogP contribution in [0.3, 0.4) is 0 Å². The minimum Gasteiger partial charge on any atom is -0.494 e. The monoisotopic (exact) mass is 283 g/mol. The number of benzene rings is 1. The van der Waals surface area contributed by atoms with Crippen molar-refractivity contribution in [1.82, 2.24) is 5.48 Å². The fourth-order valence-corrected chi connectivity index (χ4v) is 3.46. The summed E-state index contributed by atoms with van der Waals surface area (Å²) in [5, 5.41) is 1.09. The molecular weight excluding hydrogens is 273 g/mol. The third-order valence-electron chi connectivity index (χ3n) is 2.97. The molecule has 0 aliphatic carbocycles. The molecule has 0 spiro atoms. The van der Waals surface area contributed by atoms with Gasteiger partial charge in [0.25, 0.3) is 0 Å². The van der Waals surface area contributed by atoms with Crippen LogP contribution in [0, 0.1) is 5.82 Å². The van der Waals surface area contributed by atoms with Crippen molar-refractivity contribution >= 4 is 15.5 Å². The second kappa shape index (κ2) is 4.07. The van der Waals surface area contributed by atoms with Crippen molar-refractivity contribution in [2.45, 2.75) is 6.10 Å². The highest BCUT2D eigenvalue weighted by molar-refractivity contribution is 7.98. The molecule has 1 atom stereocenters. The van der Waals surface area contributed by atoms with E-state index in [0.717, 1.165) is 5.41 Å². The zero-order valence-corrected chi connectivity index (χ0v) is 10.7. The molecule has 0 aromatic heterocycles. The van der Waals surface area contributed by atoms with Gasteiger partial charge in [0.1, 0.15) is 11.0 Å². The largest absolute Gasteiger partial charge is 0.494 e. The lowest BCUT2D eigenvalue weighted by molar-refractivity contribution is 0.0777. The first-order chi connectivity index (χ1) is 9.03. The zero-order valence-electron chi connectivity index (χ0n) is 9.88. The zero-order chi connectivity index (χ0) is 13.6. The van der Waals surface area contributed by atoms with Crippen molar-refractivity contribution < 1.29 is 22.4 Å². The van der Waals surface area contributed by atoms with Crippen LogP contribution < -0.4 is 10.2 Å². The summed E-state index contributed by atoms with van der Waals surface area (Å²) < 4.78 is 42.2. The lowest BCUT2D eigenvalue weighted by Crippen LogP contribution is -2.09. The maximum atomic E-state index is 13.7. The Morgan fingerprint density at radius 3 is 2.89 bits per heavy atom. The summed E-state index contributed by atoms with van der Waals surface area (Å²) >= 11 is 0. The summed E-state index contributed by atoms with van der Waals surface area (Å²) in [6.07, 6.45) is 0.787. The van der Waals surface area contributed by atoms with Gasteiger partial charge in [-0.3, -0.25) is 10.3 Å². The molecule has 1 unspecified atom stereocenters. The number of halogens is 1. The van der Waals surface area contributed by atoms with Crippen molar-refractivity contribution in [3.8, 4) is 5.75 Å². The molecule has 0 saturated heterocycles. The normalized spacial score (nSPS) is 23.4. The van der Waals surface area contributed by atoms with Gasteiger partial charge in [0.05, 0.1) is 12.8 Å². The van der Waals surface area contributed by atoms with Crippen LogP contribution in [0.2, 0.25) is 0 Å². The Balaban J connectivity index is 2.13. The van der Waals surface area contributed by atoms with E-state index >= 15 is 0 Å². The lowest BCUT2D eigenvalue weighted by Gasteiger charge is -2.07. The van der Waals surface area contributed by atoms with Gasteiger partial charge in [-0.1, -0.05) is 0 Å². The fraction of sp³-hybridized carbons (Fsp3) is 0.167. The van der Waals surface area contributed by atoms with E-state index < -0.39 is 21.8 Å². The van der Waals surface area contributed by atoms with E-state index in [1.165, 1.54) is 25.3 Å². The number of methoxy groups -OCH3 is 1. The molecule has 0 amide bonds. The third kappa shape index (κ3) is 1.82. The highest BCUT2D eigenvalue weighted by Gasteiger charge is 2.38. The summed E-state index contributed by atoms with van der Waals surface area (Å²) in [6.45, 7) is 0. The Labute approximate surface area is 109 Å². The quantitative estimate of drug-likeness (QED) is 0.887. The number of hydrogen-bond donors (Lipinski definition) is 1. The Bertz CT molecular complexity index is 708. The van der Waals surface area contributed by atoms with Crippen LogP contribution >= 0.6 is 0 Å². The molecule has 1 N–H and O–H groups in total. The Hall–Kier alpha value is -1.86. The molecule has 0 bridgehead atoms. The third-order valence-corrected chi connectivity index (χ3v) is 4.54. The summed E-state index contributed by atoms with van der Waals surface area (Å²) in [5.41, 5.74) is 3.19. The molecule has 1 aromatic carbocycles. The first-order valence-corrected chi connectivity index (χ1v) is 7.00. The fourth-order valence-electron chi connectivity index (χ4n) is 2.07. The van der Waals surface area contributed by atoms with Crippen molar-refractivity contribution in [2.24, 2.45) is 0 Å². The van der Waals surface area contributed by atoms with E-state index in [0.29, 0.717) is 5.56 Å². The number of ether oxygens (including phenoxy) is 1. The van der Waals surface area contributed by atoms with Gasteiger partial charge in [-0.15, -0.1) is 0 Å². The molecule has 3 rings (SSSR count). The lowest BCUT2D eigenvalue weighted by atomic mass is 10.1. The van der Waals surface area contributed by atoms with Crippen LogP contribution in [-0.4, -0.2) is 21.6 Å². The van der Waals surface area contributed by atoms with Gasteiger partial charge in [0, 0.05) is 11.0 Å². The average molecular weight is 283 g/mol. The van der Waals surface area contributed by atoms with E-state index in [-0.39, 0.29) is 16.4 Å². The van der Waals surface area contributed by atoms with Crippen LogP contribution in [-0.2, 0) is 14.7 Å². The molecule has 2 aliphatic rings.